The van der Waals surface area contributed by atoms with E-state index in [1.165, 1.54) is 49.9 Å². The van der Waals surface area contributed by atoms with Crippen molar-refractivity contribution in [1.29, 1.82) is 0 Å². The highest BCUT2D eigenvalue weighted by Gasteiger charge is 2.41. The average molecular weight is 935 g/mol. The molecule has 1 aromatic rings. The number of carbonyl (C=O) groups excluding carboxylic acids is 9. The Balaban J connectivity index is 2.15. The normalized spacial score (nSPS) is 17.6. The minimum absolute atomic E-state index is 0.0360. The van der Waals surface area contributed by atoms with Crippen LogP contribution in [0.2, 0.25) is 0 Å². The third-order valence-electron chi connectivity index (χ3n) is 10.6. The zero-order chi connectivity index (χ0) is 50.2. The number of phenols is 1. The second-order valence-electron chi connectivity index (χ2n) is 17.1. The summed E-state index contributed by atoms with van der Waals surface area (Å²) in [5, 5.41) is 55.5. The predicted molar refractivity (Wildman–Crippen MR) is 234 cm³/mol. The molecule has 0 spiro atoms. The van der Waals surface area contributed by atoms with Crippen molar-refractivity contribution in [1.82, 2.24) is 42.1 Å². The third-order valence-corrected chi connectivity index (χ3v) is 10.6. The molecular weight excluding hydrogens is 869 g/mol. The molecule has 0 saturated carbocycles. The standard InChI is InChI=1S/C42H66N10O14/c1-19(2)15-28(42(65)66)49-38(61)29(18-53)50-35(58)21(5)45-36(59)27(17-31(43)56)47-34(57)22(6)46-39(62)30-9-8-14-52(30)41(64)33(20(3)4)51-37(60)26(48-40(63)32(44)23(7)54)16-24-10-12-25(55)13-11-24/h10-13,19-23,26-30,32-33,53-55H,8-9,14-18,44H2,1-7H3,(H2,43,56)(H,45,59)(H,46,62)(H,47,57)(H,48,63)(H,49,61)(H,50,58)(H,51,60)(H,65,66)/t21-,22-,23+,26-,27-,28-,29-,30-,32-,33-/m0/s1. The van der Waals surface area contributed by atoms with E-state index >= 15 is 0 Å². The van der Waals surface area contributed by atoms with Crippen LogP contribution < -0.4 is 48.7 Å². The molecule has 1 aliphatic heterocycles. The molecule has 9 amide bonds. The van der Waals surface area contributed by atoms with Gasteiger partial charge < -0.3 is 74.0 Å². The Morgan fingerprint density at radius 1 is 0.697 bits per heavy atom. The number of primary amides is 1. The molecule has 1 fully saturated rings. The van der Waals surface area contributed by atoms with E-state index in [0.29, 0.717) is 12.0 Å². The van der Waals surface area contributed by atoms with Crippen LogP contribution in [0.1, 0.15) is 79.7 Å². The van der Waals surface area contributed by atoms with E-state index in [9.17, 15) is 68.4 Å². The number of phenolic OH excluding ortho intramolecular Hbond substituents is 1. The van der Waals surface area contributed by atoms with Gasteiger partial charge in [-0.05, 0) is 69.6 Å². The van der Waals surface area contributed by atoms with Gasteiger partial charge in [-0.3, -0.25) is 43.2 Å². The first kappa shape index (κ1) is 55.7. The van der Waals surface area contributed by atoms with Crippen molar-refractivity contribution in [3.63, 3.8) is 0 Å². The molecule has 24 nitrogen and oxygen atoms in total. The highest BCUT2D eigenvalue weighted by Crippen LogP contribution is 2.21. The van der Waals surface area contributed by atoms with Crippen molar-refractivity contribution in [2.45, 2.75) is 141 Å². The van der Waals surface area contributed by atoms with Gasteiger partial charge in [0.15, 0.2) is 0 Å². The van der Waals surface area contributed by atoms with Crippen LogP contribution in [0.3, 0.4) is 0 Å². The smallest absolute Gasteiger partial charge is 0.326 e. The highest BCUT2D eigenvalue weighted by molar-refractivity contribution is 5.99. The van der Waals surface area contributed by atoms with Crippen LogP contribution >= 0.6 is 0 Å². The molecule has 1 aliphatic rings. The number of amides is 9. The van der Waals surface area contributed by atoms with Crippen LogP contribution in [-0.4, -0.2) is 158 Å². The minimum Gasteiger partial charge on any atom is -0.508 e. The lowest BCUT2D eigenvalue weighted by atomic mass is 9.99. The Labute approximate surface area is 382 Å². The molecule has 1 heterocycles. The summed E-state index contributed by atoms with van der Waals surface area (Å²) < 4.78 is 0. The Morgan fingerprint density at radius 2 is 1.21 bits per heavy atom. The molecule has 0 aliphatic carbocycles. The molecule has 368 valence electrons. The van der Waals surface area contributed by atoms with Crippen molar-refractivity contribution >= 4 is 59.1 Å². The van der Waals surface area contributed by atoms with Gasteiger partial charge in [0.2, 0.25) is 53.2 Å². The van der Waals surface area contributed by atoms with Crippen molar-refractivity contribution in [2.24, 2.45) is 23.3 Å². The fourth-order valence-electron chi connectivity index (χ4n) is 6.73. The SMILES string of the molecule is CC(C)C[C@H](NC(=O)[C@H](CO)NC(=O)[C@H](C)NC(=O)[C@H](CC(N)=O)NC(=O)[C@H](C)NC(=O)[C@@H]1CCCN1C(=O)[C@@H](NC(=O)[C@H](Cc1ccc(O)cc1)NC(=O)[C@@H](N)[C@@H](C)O)C(C)C)C(=O)O. The van der Waals surface area contributed by atoms with Crippen LogP contribution in [0, 0.1) is 11.8 Å². The summed E-state index contributed by atoms with van der Waals surface area (Å²) in [5.74, 6) is -10.1. The number of hydrogen-bond donors (Lipinski definition) is 13. The number of carbonyl (C=O) groups is 10. The van der Waals surface area contributed by atoms with Gasteiger partial charge in [0, 0.05) is 13.0 Å². The lowest BCUT2D eigenvalue weighted by molar-refractivity contribution is -0.143. The van der Waals surface area contributed by atoms with Gasteiger partial charge in [-0.1, -0.05) is 39.8 Å². The van der Waals surface area contributed by atoms with Gasteiger partial charge in [-0.2, -0.15) is 0 Å². The first-order chi connectivity index (χ1) is 30.8. The second kappa shape index (κ2) is 25.9. The summed E-state index contributed by atoms with van der Waals surface area (Å²) in [6.07, 6.45) is -1.48. The maximum atomic E-state index is 14.1. The van der Waals surface area contributed by atoms with Crippen LogP contribution in [0.5, 0.6) is 5.75 Å². The fourth-order valence-corrected chi connectivity index (χ4v) is 6.73. The quantitative estimate of drug-likeness (QED) is 0.0441. The van der Waals surface area contributed by atoms with Gasteiger partial charge in [0.05, 0.1) is 19.1 Å². The van der Waals surface area contributed by atoms with Gasteiger partial charge >= 0.3 is 5.97 Å². The van der Waals surface area contributed by atoms with E-state index in [0.717, 1.165) is 0 Å². The van der Waals surface area contributed by atoms with Crippen molar-refractivity contribution < 1.29 is 68.4 Å². The van der Waals surface area contributed by atoms with Gasteiger partial charge in [-0.25, -0.2) is 4.79 Å². The third kappa shape index (κ3) is 17.2. The number of carboxylic acid groups (broad SMARTS) is 1. The molecule has 0 radical (unpaired) electrons. The summed E-state index contributed by atoms with van der Waals surface area (Å²) in [6.45, 7) is 9.71. The number of hydrogen-bond acceptors (Lipinski definition) is 14. The monoisotopic (exact) mass is 934 g/mol. The van der Waals surface area contributed by atoms with E-state index in [2.05, 4.69) is 37.2 Å². The lowest BCUT2D eigenvalue weighted by Gasteiger charge is -2.32. The Hall–Kier alpha value is -6.40. The van der Waals surface area contributed by atoms with Gasteiger partial charge in [0.25, 0.3) is 0 Å². The molecule has 66 heavy (non-hydrogen) atoms. The molecule has 24 heteroatoms. The van der Waals surface area contributed by atoms with E-state index in [1.807, 2.05) is 0 Å². The molecule has 0 unspecified atom stereocenters. The van der Waals surface area contributed by atoms with E-state index in [-0.39, 0.29) is 37.5 Å². The van der Waals surface area contributed by atoms with Crippen molar-refractivity contribution in [2.75, 3.05) is 13.2 Å². The number of aliphatic carboxylic acids is 1. The molecule has 15 N–H and O–H groups in total. The Morgan fingerprint density at radius 3 is 1.73 bits per heavy atom. The maximum Gasteiger partial charge on any atom is 0.326 e. The first-order valence-corrected chi connectivity index (χ1v) is 21.5. The molecule has 0 bridgehead atoms. The summed E-state index contributed by atoms with van der Waals surface area (Å²) in [4.78, 5) is 131. The number of aliphatic hydroxyl groups is 2. The lowest BCUT2D eigenvalue weighted by Crippen LogP contribution is -2.61. The zero-order valence-electron chi connectivity index (χ0n) is 38.2. The van der Waals surface area contributed by atoms with Crippen molar-refractivity contribution in [3.8, 4) is 5.75 Å². The van der Waals surface area contributed by atoms with Crippen LogP contribution in [-0.2, 0) is 54.4 Å². The van der Waals surface area contributed by atoms with Crippen LogP contribution in [0.4, 0.5) is 0 Å². The number of likely N-dealkylation sites (tertiary alicyclic amines) is 1. The number of aliphatic hydroxyl groups excluding tert-OH is 2. The number of benzene rings is 1. The molecule has 2 rings (SSSR count). The fraction of sp³-hybridized carbons (Fsp3) is 0.619. The average Bonchev–Trinajstić information content (AvgIpc) is 3.74. The number of rotatable bonds is 25. The number of nitrogens with one attached hydrogen (secondary N) is 7. The molecule has 1 aromatic carbocycles. The highest BCUT2D eigenvalue weighted by atomic mass is 16.4. The van der Waals surface area contributed by atoms with Crippen molar-refractivity contribution in [3.05, 3.63) is 29.8 Å². The number of carboxylic acids is 1. The largest absolute Gasteiger partial charge is 0.508 e. The number of nitrogens with two attached hydrogens (primary N) is 2. The van der Waals surface area contributed by atoms with E-state index in [4.69, 9.17) is 11.5 Å². The molecule has 10 atom stereocenters. The number of nitrogens with zero attached hydrogens (tertiary/aromatic N) is 1. The molecule has 0 aromatic heterocycles. The minimum atomic E-state index is -1.67. The second-order valence-corrected chi connectivity index (χ2v) is 17.1. The van der Waals surface area contributed by atoms with Crippen LogP contribution in [0.15, 0.2) is 24.3 Å². The van der Waals surface area contributed by atoms with E-state index < -0.39 is 139 Å². The Kier molecular flexibility index (Phi) is 21.9. The summed E-state index contributed by atoms with van der Waals surface area (Å²) >= 11 is 0. The predicted octanol–water partition coefficient (Wildman–Crippen LogP) is -4.28. The maximum absolute atomic E-state index is 14.1. The van der Waals surface area contributed by atoms with Gasteiger partial charge in [0.1, 0.15) is 60.1 Å². The number of aromatic hydroxyl groups is 1. The zero-order valence-corrected chi connectivity index (χ0v) is 38.2. The molecule has 1 saturated heterocycles. The first-order valence-electron chi connectivity index (χ1n) is 21.5. The Bertz CT molecular complexity index is 1910. The topological polar surface area (TPSA) is 391 Å². The van der Waals surface area contributed by atoms with Gasteiger partial charge in [-0.15, -0.1) is 0 Å². The summed E-state index contributed by atoms with van der Waals surface area (Å²) in [5.41, 5.74) is 11.7. The summed E-state index contributed by atoms with van der Waals surface area (Å²) in [7, 11) is 0. The van der Waals surface area contributed by atoms with Crippen LogP contribution in [0.25, 0.3) is 0 Å². The molecular formula is C42H66N10O14. The van der Waals surface area contributed by atoms with E-state index in [1.54, 1.807) is 27.7 Å². The summed E-state index contributed by atoms with van der Waals surface area (Å²) in [6, 6.07) is -6.54.